The molecule has 2 aromatic rings. The Labute approximate surface area is 127 Å². The zero-order chi connectivity index (χ0) is 15.3. The molecular weight excluding hydrogens is 288 g/mol. The number of carboxylic acids is 1. The van der Waals surface area contributed by atoms with Gasteiger partial charge in [0, 0.05) is 12.8 Å². The summed E-state index contributed by atoms with van der Waals surface area (Å²) in [6.45, 7) is 2.45. The van der Waals surface area contributed by atoms with Gasteiger partial charge in [0.05, 0.1) is 0 Å². The first kappa shape index (κ1) is 15.5. The quantitative estimate of drug-likeness (QED) is 0.755. The smallest absolute Gasteiger partial charge is 0.329 e. The number of rotatable bonds is 7. The minimum atomic E-state index is -1.15. The Balaban J connectivity index is 2.31. The molecule has 2 N–H and O–H groups in total. The fourth-order valence-corrected chi connectivity index (χ4v) is 3.19. The predicted octanol–water partition coefficient (Wildman–Crippen LogP) is 1.50. The highest BCUT2D eigenvalue weighted by Crippen LogP contribution is 2.29. The zero-order valence-electron chi connectivity index (χ0n) is 12.0. The van der Waals surface area contributed by atoms with Gasteiger partial charge in [-0.3, -0.25) is 5.32 Å². The second-order valence-corrected chi connectivity index (χ2v) is 5.56. The third-order valence-electron chi connectivity index (χ3n) is 3.20. The molecule has 0 aliphatic rings. The van der Waals surface area contributed by atoms with Crippen molar-refractivity contribution in [3.05, 3.63) is 42.2 Å². The molecule has 1 unspecified atom stereocenters. The van der Waals surface area contributed by atoms with Crippen LogP contribution in [0.15, 0.2) is 41.8 Å². The van der Waals surface area contributed by atoms with Crippen molar-refractivity contribution >= 4 is 17.7 Å². The van der Waals surface area contributed by atoms with Gasteiger partial charge >= 0.3 is 5.97 Å². The maximum atomic E-state index is 11.9. The van der Waals surface area contributed by atoms with Crippen molar-refractivity contribution in [2.45, 2.75) is 17.6 Å². The third-order valence-corrected chi connectivity index (χ3v) is 4.40. The van der Waals surface area contributed by atoms with Crippen molar-refractivity contribution in [1.82, 2.24) is 20.1 Å². The van der Waals surface area contributed by atoms with Gasteiger partial charge in [-0.2, -0.15) is 0 Å². The van der Waals surface area contributed by atoms with E-state index in [1.54, 1.807) is 10.9 Å². The highest BCUT2D eigenvalue weighted by atomic mass is 32.2. The summed E-state index contributed by atoms with van der Waals surface area (Å²) in [4.78, 5) is 11.9. The average molecular weight is 306 g/mol. The van der Waals surface area contributed by atoms with E-state index in [1.807, 2.05) is 44.3 Å². The van der Waals surface area contributed by atoms with E-state index in [0.29, 0.717) is 17.5 Å². The average Bonchev–Trinajstić information content (AvgIpc) is 2.89. The van der Waals surface area contributed by atoms with Crippen LogP contribution < -0.4 is 5.32 Å². The number of carboxylic acid groups (broad SMARTS) is 1. The van der Waals surface area contributed by atoms with Crippen LogP contribution in [0.1, 0.15) is 12.5 Å². The molecule has 0 aliphatic carbocycles. The Morgan fingerprint density at radius 2 is 2.14 bits per heavy atom. The number of likely N-dealkylation sites (N-methyl/N-ethyl adjacent to an activating group) is 1. The molecule has 7 heteroatoms. The number of aryl methyl sites for hydroxylation is 1. The topological polar surface area (TPSA) is 80.0 Å². The summed E-state index contributed by atoms with van der Waals surface area (Å²) < 4.78 is 1.77. The van der Waals surface area contributed by atoms with Crippen LogP contribution in [-0.4, -0.2) is 38.1 Å². The minimum absolute atomic E-state index is 0.326. The lowest BCUT2D eigenvalue weighted by Crippen LogP contribution is -2.51. The molecule has 2 rings (SSSR count). The van der Waals surface area contributed by atoms with Crippen LogP contribution in [0.25, 0.3) is 0 Å². The van der Waals surface area contributed by atoms with E-state index in [0.717, 1.165) is 5.56 Å². The molecular formula is C14H18N4O2S. The largest absolute Gasteiger partial charge is 0.480 e. The standard InChI is InChI=1S/C14H18N4O2S/c1-3-15-14(12(19)20,11-7-5-4-6-8-11)9-21-13-17-16-10-18(13)2/h4-8,10,15H,3,9H2,1-2H3,(H,19,20). The van der Waals surface area contributed by atoms with E-state index in [9.17, 15) is 9.90 Å². The molecule has 112 valence electrons. The molecule has 21 heavy (non-hydrogen) atoms. The SMILES string of the molecule is CCNC(CSc1nncn1C)(C(=O)O)c1ccccc1. The van der Waals surface area contributed by atoms with E-state index in [1.165, 1.54) is 11.8 Å². The van der Waals surface area contributed by atoms with E-state index in [-0.39, 0.29) is 0 Å². The molecule has 0 radical (unpaired) electrons. The van der Waals surface area contributed by atoms with Crippen LogP contribution in [-0.2, 0) is 17.4 Å². The summed E-state index contributed by atoms with van der Waals surface area (Å²) in [5.41, 5.74) is -0.416. The summed E-state index contributed by atoms with van der Waals surface area (Å²) in [6, 6.07) is 9.22. The predicted molar refractivity (Wildman–Crippen MR) is 81.2 cm³/mol. The van der Waals surface area contributed by atoms with Crippen molar-refractivity contribution in [2.24, 2.45) is 7.05 Å². The monoisotopic (exact) mass is 306 g/mol. The van der Waals surface area contributed by atoms with Crippen LogP contribution >= 0.6 is 11.8 Å². The van der Waals surface area contributed by atoms with Crippen LogP contribution in [0.2, 0.25) is 0 Å². The van der Waals surface area contributed by atoms with Gasteiger partial charge in [-0.25, -0.2) is 4.79 Å². The van der Waals surface area contributed by atoms with Crippen LogP contribution in [0.3, 0.4) is 0 Å². The number of nitrogens with zero attached hydrogens (tertiary/aromatic N) is 3. The molecule has 0 saturated carbocycles. The molecule has 0 fully saturated rings. The maximum absolute atomic E-state index is 11.9. The first-order chi connectivity index (χ1) is 10.1. The van der Waals surface area contributed by atoms with E-state index in [2.05, 4.69) is 15.5 Å². The Bertz CT molecular complexity index is 602. The van der Waals surface area contributed by atoms with Gasteiger partial charge in [0.1, 0.15) is 6.33 Å². The van der Waals surface area contributed by atoms with Gasteiger partial charge in [-0.05, 0) is 12.1 Å². The molecule has 0 saturated heterocycles. The fraction of sp³-hybridized carbons (Fsp3) is 0.357. The van der Waals surface area contributed by atoms with Crippen molar-refractivity contribution in [3.8, 4) is 0 Å². The summed E-state index contributed by atoms with van der Waals surface area (Å²) in [5.74, 6) is -0.572. The van der Waals surface area contributed by atoms with Crippen molar-refractivity contribution in [3.63, 3.8) is 0 Å². The van der Waals surface area contributed by atoms with Crippen molar-refractivity contribution < 1.29 is 9.90 Å². The Morgan fingerprint density at radius 3 is 2.67 bits per heavy atom. The van der Waals surface area contributed by atoms with E-state index < -0.39 is 11.5 Å². The molecule has 1 atom stereocenters. The van der Waals surface area contributed by atoms with Gasteiger partial charge in [-0.15, -0.1) is 10.2 Å². The first-order valence-electron chi connectivity index (χ1n) is 6.61. The van der Waals surface area contributed by atoms with Crippen LogP contribution in [0, 0.1) is 0 Å². The Kier molecular flexibility index (Phi) is 4.98. The van der Waals surface area contributed by atoms with Crippen LogP contribution in [0.5, 0.6) is 0 Å². The highest BCUT2D eigenvalue weighted by molar-refractivity contribution is 7.99. The van der Waals surface area contributed by atoms with Crippen molar-refractivity contribution in [1.29, 1.82) is 0 Å². The molecule has 0 aliphatic heterocycles. The Morgan fingerprint density at radius 1 is 1.43 bits per heavy atom. The highest BCUT2D eigenvalue weighted by Gasteiger charge is 2.40. The maximum Gasteiger partial charge on any atom is 0.329 e. The number of hydrogen-bond donors (Lipinski definition) is 2. The van der Waals surface area contributed by atoms with Gasteiger partial charge in [0.25, 0.3) is 0 Å². The van der Waals surface area contributed by atoms with E-state index >= 15 is 0 Å². The normalized spacial score (nSPS) is 13.8. The van der Waals surface area contributed by atoms with Crippen molar-refractivity contribution in [2.75, 3.05) is 12.3 Å². The number of aromatic nitrogens is 3. The van der Waals surface area contributed by atoms with E-state index in [4.69, 9.17) is 0 Å². The minimum Gasteiger partial charge on any atom is -0.480 e. The van der Waals surface area contributed by atoms with Gasteiger partial charge in [0.2, 0.25) is 0 Å². The lowest BCUT2D eigenvalue weighted by atomic mass is 9.92. The number of benzene rings is 1. The Hall–Kier alpha value is -1.86. The number of aliphatic carboxylic acids is 1. The molecule has 1 aromatic heterocycles. The summed E-state index contributed by atoms with van der Waals surface area (Å²) >= 11 is 1.37. The first-order valence-corrected chi connectivity index (χ1v) is 7.59. The van der Waals surface area contributed by atoms with Gasteiger partial charge in [-0.1, -0.05) is 49.0 Å². The summed E-state index contributed by atoms with van der Waals surface area (Å²) in [6.07, 6.45) is 1.60. The van der Waals surface area contributed by atoms with Crippen LogP contribution in [0.4, 0.5) is 0 Å². The second kappa shape index (κ2) is 6.73. The summed E-state index contributed by atoms with van der Waals surface area (Å²) in [5, 5.41) is 21.4. The summed E-state index contributed by atoms with van der Waals surface area (Å²) in [7, 11) is 1.83. The second-order valence-electron chi connectivity index (χ2n) is 4.62. The zero-order valence-corrected chi connectivity index (χ0v) is 12.8. The molecule has 6 nitrogen and oxygen atoms in total. The fourth-order valence-electron chi connectivity index (χ4n) is 2.10. The lowest BCUT2D eigenvalue weighted by Gasteiger charge is -2.30. The molecule has 0 amide bonds. The van der Waals surface area contributed by atoms with Gasteiger partial charge < -0.3 is 9.67 Å². The number of thioether (sulfide) groups is 1. The molecule has 0 spiro atoms. The molecule has 1 heterocycles. The third kappa shape index (κ3) is 3.25. The molecule has 0 bridgehead atoms. The van der Waals surface area contributed by atoms with Gasteiger partial charge in [0.15, 0.2) is 10.7 Å². The number of carbonyl (C=O) groups is 1. The number of nitrogens with one attached hydrogen (secondary N) is 1. The lowest BCUT2D eigenvalue weighted by molar-refractivity contribution is -0.144. The molecule has 1 aromatic carbocycles. The number of hydrogen-bond acceptors (Lipinski definition) is 5.